The molecule has 7 nitrogen and oxygen atoms in total. The van der Waals surface area contributed by atoms with Crippen molar-refractivity contribution in [1.29, 1.82) is 5.26 Å². The summed E-state index contributed by atoms with van der Waals surface area (Å²) in [6.07, 6.45) is 3.75. The molecule has 1 amide bonds. The van der Waals surface area contributed by atoms with Crippen molar-refractivity contribution >= 4 is 11.6 Å². The number of nitrogens with zero attached hydrogens (tertiary/aromatic N) is 4. The molecule has 1 aliphatic carbocycles. The molecular formula is C18H16N4O3. The Morgan fingerprint density at radius 1 is 1.24 bits per heavy atom. The zero-order chi connectivity index (χ0) is 17.6. The summed E-state index contributed by atoms with van der Waals surface area (Å²) in [5.41, 5.74) is 0.558. The van der Waals surface area contributed by atoms with Crippen LogP contribution in [0.15, 0.2) is 40.1 Å². The average molecular weight is 336 g/mol. The first-order valence-electron chi connectivity index (χ1n) is 8.24. The Morgan fingerprint density at radius 2 is 2.00 bits per heavy atom. The third-order valence-corrected chi connectivity index (χ3v) is 4.74. The minimum Gasteiger partial charge on any atom is -0.310 e. The Bertz CT molecular complexity index is 1020. The molecule has 1 fully saturated rings. The predicted molar refractivity (Wildman–Crippen MR) is 90.4 cm³/mol. The topological polar surface area (TPSA) is 88.1 Å². The number of hydrogen-bond donors (Lipinski definition) is 0. The molecular weight excluding hydrogens is 320 g/mol. The van der Waals surface area contributed by atoms with Gasteiger partial charge in [-0.15, -0.1) is 0 Å². The number of benzene rings is 1. The minimum absolute atomic E-state index is 0.0223. The van der Waals surface area contributed by atoms with Gasteiger partial charge in [-0.2, -0.15) is 5.26 Å². The van der Waals surface area contributed by atoms with Crippen LogP contribution in [0, 0.1) is 11.3 Å². The van der Waals surface area contributed by atoms with E-state index < -0.39 is 11.2 Å². The van der Waals surface area contributed by atoms with Crippen LogP contribution in [0.4, 0.5) is 5.69 Å². The van der Waals surface area contributed by atoms with Gasteiger partial charge in [0.25, 0.3) is 5.56 Å². The molecule has 0 N–H and O–H groups in total. The van der Waals surface area contributed by atoms with Crippen molar-refractivity contribution in [3.63, 3.8) is 0 Å². The van der Waals surface area contributed by atoms with Gasteiger partial charge in [0, 0.05) is 24.5 Å². The molecule has 25 heavy (non-hydrogen) atoms. The molecule has 1 aromatic heterocycles. The lowest BCUT2D eigenvalue weighted by Crippen LogP contribution is -2.45. The summed E-state index contributed by atoms with van der Waals surface area (Å²) in [6.45, 7) is 0.177. The maximum Gasteiger partial charge on any atom is 0.331 e. The van der Waals surface area contributed by atoms with E-state index in [1.54, 1.807) is 4.90 Å². The van der Waals surface area contributed by atoms with Crippen LogP contribution in [0.1, 0.15) is 30.0 Å². The summed E-state index contributed by atoms with van der Waals surface area (Å²) < 4.78 is 2.30. The summed E-state index contributed by atoms with van der Waals surface area (Å²) in [6, 6.07) is 9.44. The standard InChI is InChI=1S/C18H16N4O3/c19-9-13-10-21(14-5-6-14)18(25)22(17(13)24)11-16(23)20-8-7-12-3-1-2-4-15(12)20/h1-4,10,14H,5-8,11H2. The Balaban J connectivity index is 1.71. The monoisotopic (exact) mass is 336 g/mol. The average Bonchev–Trinajstić information content (AvgIpc) is 3.37. The highest BCUT2D eigenvalue weighted by molar-refractivity contribution is 5.95. The van der Waals surface area contributed by atoms with Gasteiger partial charge in [-0.3, -0.25) is 14.2 Å². The quantitative estimate of drug-likeness (QED) is 0.829. The highest BCUT2D eigenvalue weighted by Crippen LogP contribution is 2.33. The molecule has 1 aromatic carbocycles. The van der Waals surface area contributed by atoms with Gasteiger partial charge in [0.05, 0.1) is 0 Å². The number of anilines is 1. The van der Waals surface area contributed by atoms with Gasteiger partial charge in [0.15, 0.2) is 0 Å². The van der Waals surface area contributed by atoms with Gasteiger partial charge in [0.1, 0.15) is 18.2 Å². The minimum atomic E-state index is -0.703. The number of carbonyl (C=O) groups is 1. The van der Waals surface area contributed by atoms with E-state index in [9.17, 15) is 14.4 Å². The smallest absolute Gasteiger partial charge is 0.310 e. The summed E-state index contributed by atoms with van der Waals surface area (Å²) >= 11 is 0. The van der Waals surface area contributed by atoms with Gasteiger partial charge in [-0.05, 0) is 30.9 Å². The maximum atomic E-state index is 12.7. The highest BCUT2D eigenvalue weighted by atomic mass is 16.2. The van der Waals surface area contributed by atoms with Crippen molar-refractivity contribution in [2.45, 2.75) is 31.8 Å². The molecule has 1 aliphatic heterocycles. The van der Waals surface area contributed by atoms with Gasteiger partial charge in [-0.1, -0.05) is 18.2 Å². The lowest BCUT2D eigenvalue weighted by atomic mass is 10.2. The van der Waals surface area contributed by atoms with Gasteiger partial charge < -0.3 is 4.90 Å². The van der Waals surface area contributed by atoms with E-state index in [0.29, 0.717) is 6.54 Å². The van der Waals surface area contributed by atoms with Gasteiger partial charge in [0.2, 0.25) is 5.91 Å². The number of fused-ring (bicyclic) bond motifs is 1. The second kappa shape index (κ2) is 5.74. The number of para-hydroxylation sites is 1. The Labute approximate surface area is 143 Å². The fraction of sp³-hybridized carbons (Fsp3) is 0.333. The van der Waals surface area contributed by atoms with Crippen LogP contribution < -0.4 is 16.1 Å². The van der Waals surface area contributed by atoms with Crippen molar-refractivity contribution in [3.8, 4) is 6.07 Å². The fourth-order valence-electron chi connectivity index (χ4n) is 3.27. The number of amides is 1. The van der Waals surface area contributed by atoms with Crippen LogP contribution in [0.2, 0.25) is 0 Å². The van der Waals surface area contributed by atoms with Crippen LogP contribution in [0.25, 0.3) is 0 Å². The summed E-state index contributed by atoms with van der Waals surface area (Å²) in [5.74, 6) is -0.318. The summed E-state index contributed by atoms with van der Waals surface area (Å²) in [7, 11) is 0. The largest absolute Gasteiger partial charge is 0.331 e. The van der Waals surface area contributed by atoms with Crippen LogP contribution in [-0.4, -0.2) is 21.6 Å². The van der Waals surface area contributed by atoms with E-state index in [2.05, 4.69) is 0 Å². The molecule has 2 heterocycles. The third kappa shape index (κ3) is 2.56. The van der Waals surface area contributed by atoms with E-state index in [0.717, 1.165) is 35.1 Å². The first-order valence-corrected chi connectivity index (χ1v) is 8.24. The van der Waals surface area contributed by atoms with Crippen molar-refractivity contribution in [2.75, 3.05) is 11.4 Å². The third-order valence-electron chi connectivity index (χ3n) is 4.74. The van der Waals surface area contributed by atoms with Crippen LogP contribution in [0.3, 0.4) is 0 Å². The van der Waals surface area contributed by atoms with Gasteiger partial charge in [-0.25, -0.2) is 9.36 Å². The number of aromatic nitrogens is 2. The molecule has 7 heteroatoms. The van der Waals surface area contributed by atoms with Crippen molar-refractivity contribution < 1.29 is 4.79 Å². The fourth-order valence-corrected chi connectivity index (χ4v) is 3.27. The molecule has 1 saturated carbocycles. The molecule has 0 saturated heterocycles. The van der Waals surface area contributed by atoms with E-state index >= 15 is 0 Å². The molecule has 4 rings (SSSR count). The molecule has 0 bridgehead atoms. The summed E-state index contributed by atoms with van der Waals surface area (Å²) in [4.78, 5) is 39.3. The number of nitriles is 1. The zero-order valence-electron chi connectivity index (χ0n) is 13.5. The molecule has 2 aliphatic rings. The van der Waals surface area contributed by atoms with E-state index in [-0.39, 0.29) is 24.1 Å². The Morgan fingerprint density at radius 3 is 2.72 bits per heavy atom. The molecule has 0 atom stereocenters. The normalized spacial score (nSPS) is 15.7. The second-order valence-electron chi connectivity index (χ2n) is 6.39. The molecule has 126 valence electrons. The summed E-state index contributed by atoms with van der Waals surface area (Å²) in [5, 5.41) is 9.16. The lowest BCUT2D eigenvalue weighted by molar-refractivity contribution is -0.119. The molecule has 0 radical (unpaired) electrons. The first-order chi connectivity index (χ1) is 12.1. The number of carbonyl (C=O) groups excluding carboxylic acids is 1. The first kappa shape index (κ1) is 15.4. The van der Waals surface area contributed by atoms with Gasteiger partial charge >= 0.3 is 5.69 Å². The molecule has 2 aromatic rings. The SMILES string of the molecule is N#Cc1cn(C2CC2)c(=O)n(CC(=O)N2CCc3ccccc32)c1=O. The second-order valence-corrected chi connectivity index (χ2v) is 6.39. The van der Waals surface area contributed by atoms with Crippen molar-refractivity contribution in [1.82, 2.24) is 9.13 Å². The predicted octanol–water partition coefficient (Wildman–Crippen LogP) is 0.806. The van der Waals surface area contributed by atoms with Crippen LogP contribution >= 0.6 is 0 Å². The highest BCUT2D eigenvalue weighted by Gasteiger charge is 2.29. The van der Waals surface area contributed by atoms with Crippen molar-refractivity contribution in [3.05, 3.63) is 62.4 Å². The Kier molecular flexibility index (Phi) is 3.53. The van der Waals surface area contributed by atoms with E-state index in [1.807, 2.05) is 30.3 Å². The zero-order valence-corrected chi connectivity index (χ0v) is 13.5. The van der Waals surface area contributed by atoms with E-state index in [1.165, 1.54) is 10.8 Å². The Hall–Kier alpha value is -3.14. The number of rotatable bonds is 3. The molecule has 0 unspecified atom stereocenters. The van der Waals surface area contributed by atoms with Crippen LogP contribution in [-0.2, 0) is 17.8 Å². The van der Waals surface area contributed by atoms with E-state index in [4.69, 9.17) is 5.26 Å². The van der Waals surface area contributed by atoms with Crippen LogP contribution in [0.5, 0.6) is 0 Å². The molecule has 0 spiro atoms. The van der Waals surface area contributed by atoms with Crippen molar-refractivity contribution in [2.24, 2.45) is 0 Å². The lowest BCUT2D eigenvalue weighted by Gasteiger charge is -2.18. The maximum absolute atomic E-state index is 12.7. The number of hydrogen-bond acceptors (Lipinski definition) is 4.